The fourth-order valence-electron chi connectivity index (χ4n) is 3.84. The number of hydrogen-bond donors (Lipinski definition) is 1. The van der Waals surface area contributed by atoms with Gasteiger partial charge < -0.3 is 10.6 Å². The van der Waals surface area contributed by atoms with Gasteiger partial charge in [-0.25, -0.2) is 4.98 Å². The van der Waals surface area contributed by atoms with Crippen LogP contribution in [0.2, 0.25) is 5.02 Å². The van der Waals surface area contributed by atoms with Crippen LogP contribution in [0.25, 0.3) is 10.9 Å². The Labute approximate surface area is 134 Å². The summed E-state index contributed by atoms with van der Waals surface area (Å²) in [5.74, 6) is 1.02. The molecule has 22 heavy (non-hydrogen) atoms. The van der Waals surface area contributed by atoms with Crippen molar-refractivity contribution in [1.29, 1.82) is 0 Å². The van der Waals surface area contributed by atoms with Crippen LogP contribution in [0.3, 0.4) is 0 Å². The van der Waals surface area contributed by atoms with Crippen molar-refractivity contribution in [3.63, 3.8) is 0 Å². The van der Waals surface area contributed by atoms with Gasteiger partial charge in [-0.15, -0.1) is 0 Å². The first-order valence-corrected chi connectivity index (χ1v) is 8.11. The fourth-order valence-corrected chi connectivity index (χ4v) is 4.01. The predicted octanol–water partition coefficient (Wildman–Crippen LogP) is 2.70. The number of carbonyl (C=O) groups is 1. The van der Waals surface area contributed by atoms with Crippen LogP contribution in [-0.4, -0.2) is 34.9 Å². The summed E-state index contributed by atoms with van der Waals surface area (Å²) >= 11 is 6.01. The van der Waals surface area contributed by atoms with Gasteiger partial charge in [0.2, 0.25) is 0 Å². The maximum atomic E-state index is 12.7. The monoisotopic (exact) mass is 315 g/mol. The molecule has 0 spiro atoms. The van der Waals surface area contributed by atoms with Gasteiger partial charge in [-0.1, -0.05) is 23.7 Å². The lowest BCUT2D eigenvalue weighted by Crippen LogP contribution is -2.33. The van der Waals surface area contributed by atoms with Crippen LogP contribution in [0, 0.1) is 11.8 Å². The first kappa shape index (κ1) is 14.0. The van der Waals surface area contributed by atoms with Crippen LogP contribution >= 0.6 is 11.6 Å². The molecule has 2 aromatic rings. The molecule has 1 aliphatic heterocycles. The summed E-state index contributed by atoms with van der Waals surface area (Å²) in [4.78, 5) is 19.1. The van der Waals surface area contributed by atoms with Crippen LogP contribution in [-0.2, 0) is 0 Å². The highest BCUT2D eigenvalue weighted by atomic mass is 35.5. The molecule has 0 bridgehead atoms. The maximum Gasteiger partial charge on any atom is 0.272 e. The molecule has 2 aliphatic rings. The Morgan fingerprint density at radius 2 is 2.05 bits per heavy atom. The van der Waals surface area contributed by atoms with Crippen molar-refractivity contribution < 1.29 is 4.79 Å². The molecule has 1 aliphatic carbocycles. The van der Waals surface area contributed by atoms with E-state index in [0.29, 0.717) is 22.6 Å². The summed E-state index contributed by atoms with van der Waals surface area (Å²) in [6.45, 7) is 1.58. The van der Waals surface area contributed by atoms with Crippen molar-refractivity contribution in [2.45, 2.75) is 18.9 Å². The zero-order valence-corrected chi connectivity index (χ0v) is 13.0. The van der Waals surface area contributed by atoms with E-state index in [0.717, 1.165) is 36.8 Å². The first-order valence-electron chi connectivity index (χ1n) is 7.73. The normalized spacial score (nSPS) is 27.4. The molecule has 1 amide bonds. The van der Waals surface area contributed by atoms with Gasteiger partial charge in [0.25, 0.3) is 5.91 Å². The summed E-state index contributed by atoms with van der Waals surface area (Å²) in [5, 5.41) is 1.62. The van der Waals surface area contributed by atoms with E-state index < -0.39 is 0 Å². The van der Waals surface area contributed by atoms with Gasteiger partial charge in [0.1, 0.15) is 5.69 Å². The molecular weight excluding hydrogens is 298 g/mol. The SMILES string of the molecule is NC1CCC2CN(C(=O)c3ccc4ccc(Cl)cc4n3)CC12. The Morgan fingerprint density at radius 1 is 1.23 bits per heavy atom. The van der Waals surface area contributed by atoms with E-state index in [9.17, 15) is 4.79 Å². The number of benzene rings is 1. The largest absolute Gasteiger partial charge is 0.337 e. The van der Waals surface area contributed by atoms with Crippen LogP contribution in [0.5, 0.6) is 0 Å². The third-order valence-electron chi connectivity index (χ3n) is 5.07. The summed E-state index contributed by atoms with van der Waals surface area (Å²) in [7, 11) is 0. The van der Waals surface area contributed by atoms with E-state index in [1.165, 1.54) is 0 Å². The Kier molecular flexibility index (Phi) is 3.31. The van der Waals surface area contributed by atoms with E-state index in [2.05, 4.69) is 4.98 Å². The Morgan fingerprint density at radius 3 is 2.86 bits per heavy atom. The second-order valence-electron chi connectivity index (χ2n) is 6.41. The first-order chi connectivity index (χ1) is 10.6. The molecule has 1 aromatic carbocycles. The Bertz CT molecular complexity index is 748. The lowest BCUT2D eigenvalue weighted by molar-refractivity contribution is 0.0774. The minimum atomic E-state index is 0.00322. The molecule has 2 fully saturated rings. The van der Waals surface area contributed by atoms with E-state index in [4.69, 9.17) is 17.3 Å². The number of rotatable bonds is 1. The van der Waals surface area contributed by atoms with Gasteiger partial charge in [0.15, 0.2) is 0 Å². The highest BCUT2D eigenvalue weighted by Crippen LogP contribution is 2.37. The lowest BCUT2D eigenvalue weighted by atomic mass is 9.98. The van der Waals surface area contributed by atoms with Crippen LogP contribution in [0.15, 0.2) is 30.3 Å². The Balaban J connectivity index is 1.60. The number of fused-ring (bicyclic) bond motifs is 2. The summed E-state index contributed by atoms with van der Waals surface area (Å²) in [6.07, 6.45) is 2.22. The topological polar surface area (TPSA) is 59.2 Å². The van der Waals surface area contributed by atoms with Crippen LogP contribution in [0.4, 0.5) is 0 Å². The molecule has 0 radical (unpaired) electrons. The highest BCUT2D eigenvalue weighted by molar-refractivity contribution is 6.31. The molecule has 2 heterocycles. The van der Waals surface area contributed by atoms with Crippen molar-refractivity contribution in [3.8, 4) is 0 Å². The van der Waals surface area contributed by atoms with Crippen molar-refractivity contribution in [1.82, 2.24) is 9.88 Å². The molecule has 1 saturated carbocycles. The minimum Gasteiger partial charge on any atom is -0.337 e. The third-order valence-corrected chi connectivity index (χ3v) is 5.31. The lowest BCUT2D eigenvalue weighted by Gasteiger charge is -2.18. The van der Waals surface area contributed by atoms with Crippen LogP contribution in [0.1, 0.15) is 23.3 Å². The summed E-state index contributed by atoms with van der Waals surface area (Å²) in [6, 6.07) is 9.50. The van der Waals surface area contributed by atoms with E-state index in [1.54, 1.807) is 12.1 Å². The van der Waals surface area contributed by atoms with Crippen molar-refractivity contribution in [2.75, 3.05) is 13.1 Å². The molecule has 1 saturated heterocycles. The number of amides is 1. The minimum absolute atomic E-state index is 0.00322. The smallest absolute Gasteiger partial charge is 0.272 e. The van der Waals surface area contributed by atoms with Crippen molar-refractivity contribution in [3.05, 3.63) is 41.0 Å². The van der Waals surface area contributed by atoms with Gasteiger partial charge in [0, 0.05) is 29.5 Å². The number of nitrogens with zero attached hydrogens (tertiary/aromatic N) is 2. The number of halogens is 1. The standard InChI is InChI=1S/C17H18ClN3O/c18-12-4-1-10-3-6-15(20-16(10)7-12)17(22)21-8-11-2-5-14(19)13(11)9-21/h1,3-4,6-7,11,13-14H,2,5,8-9,19H2. The fraction of sp³-hybridized carbons (Fsp3) is 0.412. The van der Waals surface area contributed by atoms with Crippen molar-refractivity contribution in [2.24, 2.45) is 17.6 Å². The number of hydrogen-bond acceptors (Lipinski definition) is 3. The number of pyridine rings is 1. The Hall–Kier alpha value is -1.65. The number of nitrogens with two attached hydrogens (primary N) is 1. The summed E-state index contributed by atoms with van der Waals surface area (Å²) in [5.41, 5.74) is 7.39. The third kappa shape index (κ3) is 2.27. The number of aromatic nitrogens is 1. The predicted molar refractivity (Wildman–Crippen MR) is 86.8 cm³/mol. The molecule has 3 atom stereocenters. The summed E-state index contributed by atoms with van der Waals surface area (Å²) < 4.78 is 0. The van der Waals surface area contributed by atoms with Crippen molar-refractivity contribution >= 4 is 28.4 Å². The molecule has 2 N–H and O–H groups in total. The molecule has 114 valence electrons. The van der Waals surface area contributed by atoms with Gasteiger partial charge in [-0.2, -0.15) is 0 Å². The van der Waals surface area contributed by atoms with Gasteiger partial charge >= 0.3 is 0 Å². The molecule has 5 heteroatoms. The molecular formula is C17H18ClN3O. The maximum absolute atomic E-state index is 12.7. The average molecular weight is 316 g/mol. The highest BCUT2D eigenvalue weighted by Gasteiger charge is 2.42. The molecule has 1 aromatic heterocycles. The molecule has 4 rings (SSSR count). The molecule has 3 unspecified atom stereocenters. The van der Waals surface area contributed by atoms with E-state index >= 15 is 0 Å². The zero-order valence-electron chi connectivity index (χ0n) is 12.2. The number of likely N-dealkylation sites (tertiary alicyclic amines) is 1. The van der Waals surface area contributed by atoms with E-state index in [1.807, 2.05) is 23.1 Å². The average Bonchev–Trinajstić information content (AvgIpc) is 3.08. The second kappa shape index (κ2) is 5.21. The van der Waals surface area contributed by atoms with Crippen LogP contribution < -0.4 is 5.73 Å². The quantitative estimate of drug-likeness (QED) is 0.880. The number of carbonyl (C=O) groups excluding carboxylic acids is 1. The molecule has 4 nitrogen and oxygen atoms in total. The van der Waals surface area contributed by atoms with Gasteiger partial charge in [-0.05, 0) is 42.9 Å². The second-order valence-corrected chi connectivity index (χ2v) is 6.85. The van der Waals surface area contributed by atoms with Gasteiger partial charge in [0.05, 0.1) is 5.52 Å². The van der Waals surface area contributed by atoms with Gasteiger partial charge in [-0.3, -0.25) is 4.79 Å². The zero-order chi connectivity index (χ0) is 15.3. The van der Waals surface area contributed by atoms with E-state index in [-0.39, 0.29) is 11.9 Å².